The first-order valence-electron chi connectivity index (χ1n) is 4.89. The highest BCUT2D eigenvalue weighted by Crippen LogP contribution is 2.20. The van der Waals surface area contributed by atoms with Crippen LogP contribution in [-0.4, -0.2) is 19.6 Å². The van der Waals surface area contributed by atoms with Gasteiger partial charge in [-0.2, -0.15) is 0 Å². The molecule has 1 aliphatic rings. The number of aryl methyl sites for hydroxylation is 1. The normalized spacial score (nSPS) is 21.5. The third-order valence-electron chi connectivity index (χ3n) is 2.73. The van der Waals surface area contributed by atoms with Crippen LogP contribution in [0, 0.1) is 0 Å². The molecule has 0 saturated carbocycles. The highest BCUT2D eigenvalue weighted by Gasteiger charge is 2.12. The number of benzene rings is 1. The van der Waals surface area contributed by atoms with E-state index in [0.29, 0.717) is 6.04 Å². The minimum Gasteiger partial charge on any atom is -0.383 e. The molecule has 0 amide bonds. The molecule has 2 nitrogen and oxygen atoms in total. The first-order chi connectivity index (χ1) is 6.40. The van der Waals surface area contributed by atoms with Gasteiger partial charge in [-0.05, 0) is 31.5 Å². The van der Waals surface area contributed by atoms with Gasteiger partial charge in [0, 0.05) is 18.3 Å². The van der Waals surface area contributed by atoms with Crippen LogP contribution in [0.15, 0.2) is 24.3 Å². The van der Waals surface area contributed by atoms with Crippen molar-refractivity contribution in [3.8, 4) is 0 Å². The minimum atomic E-state index is 0.604. The van der Waals surface area contributed by atoms with Gasteiger partial charge in [0.2, 0.25) is 0 Å². The van der Waals surface area contributed by atoms with Crippen LogP contribution < -0.4 is 10.6 Å². The van der Waals surface area contributed by atoms with Crippen molar-refractivity contribution in [1.29, 1.82) is 0 Å². The molecular weight excluding hydrogens is 160 g/mol. The molecular formula is C11H16N2. The van der Waals surface area contributed by atoms with Gasteiger partial charge in [-0.25, -0.2) is 0 Å². The molecule has 2 heteroatoms. The van der Waals surface area contributed by atoms with Crippen molar-refractivity contribution in [3.63, 3.8) is 0 Å². The van der Waals surface area contributed by atoms with Gasteiger partial charge in [-0.15, -0.1) is 0 Å². The maximum absolute atomic E-state index is 3.46. The van der Waals surface area contributed by atoms with Crippen molar-refractivity contribution < 1.29 is 0 Å². The summed E-state index contributed by atoms with van der Waals surface area (Å²) in [6.45, 7) is 1.04. The van der Waals surface area contributed by atoms with Crippen LogP contribution in [0.2, 0.25) is 0 Å². The Morgan fingerprint density at radius 3 is 3.08 bits per heavy atom. The number of para-hydroxylation sites is 1. The molecule has 1 aliphatic heterocycles. The summed E-state index contributed by atoms with van der Waals surface area (Å²) < 4.78 is 0. The van der Waals surface area contributed by atoms with E-state index >= 15 is 0 Å². The molecule has 0 aromatic heterocycles. The van der Waals surface area contributed by atoms with E-state index in [9.17, 15) is 0 Å². The van der Waals surface area contributed by atoms with Crippen LogP contribution in [0.4, 0.5) is 5.69 Å². The molecule has 0 bridgehead atoms. The van der Waals surface area contributed by atoms with Gasteiger partial charge in [0.1, 0.15) is 0 Å². The van der Waals surface area contributed by atoms with E-state index in [1.54, 1.807) is 0 Å². The van der Waals surface area contributed by atoms with E-state index in [0.717, 1.165) is 6.54 Å². The predicted octanol–water partition coefficient (Wildman–Crippen LogP) is 1.63. The van der Waals surface area contributed by atoms with E-state index in [-0.39, 0.29) is 0 Å². The Morgan fingerprint density at radius 1 is 1.38 bits per heavy atom. The summed E-state index contributed by atoms with van der Waals surface area (Å²) in [6, 6.07) is 9.17. The van der Waals surface area contributed by atoms with E-state index in [2.05, 4.69) is 34.9 Å². The SMILES string of the molecule is CNC1CCc2ccccc2NC1. The second-order valence-electron chi connectivity index (χ2n) is 3.56. The van der Waals surface area contributed by atoms with E-state index in [4.69, 9.17) is 0 Å². The van der Waals surface area contributed by atoms with Crippen LogP contribution in [-0.2, 0) is 6.42 Å². The van der Waals surface area contributed by atoms with Crippen molar-refractivity contribution in [2.75, 3.05) is 18.9 Å². The Morgan fingerprint density at radius 2 is 2.23 bits per heavy atom. The summed E-state index contributed by atoms with van der Waals surface area (Å²) in [7, 11) is 2.03. The third kappa shape index (κ3) is 1.83. The molecule has 1 heterocycles. The molecule has 0 aliphatic carbocycles. The second-order valence-corrected chi connectivity index (χ2v) is 3.56. The molecule has 2 rings (SSSR count). The monoisotopic (exact) mass is 176 g/mol. The Hall–Kier alpha value is -1.02. The molecule has 0 radical (unpaired) electrons. The first kappa shape index (κ1) is 8.57. The number of nitrogens with one attached hydrogen (secondary N) is 2. The lowest BCUT2D eigenvalue weighted by Crippen LogP contribution is -2.31. The number of rotatable bonds is 1. The zero-order valence-corrected chi connectivity index (χ0v) is 8.01. The third-order valence-corrected chi connectivity index (χ3v) is 2.73. The molecule has 0 fully saturated rings. The van der Waals surface area contributed by atoms with Crippen LogP contribution in [0.3, 0.4) is 0 Å². The maximum atomic E-state index is 3.46. The largest absolute Gasteiger partial charge is 0.383 e. The van der Waals surface area contributed by atoms with Crippen molar-refractivity contribution in [1.82, 2.24) is 5.32 Å². The zero-order chi connectivity index (χ0) is 9.10. The Kier molecular flexibility index (Phi) is 2.50. The van der Waals surface area contributed by atoms with Gasteiger partial charge in [0.05, 0.1) is 0 Å². The summed E-state index contributed by atoms with van der Waals surface area (Å²) in [6.07, 6.45) is 2.40. The fraction of sp³-hybridized carbons (Fsp3) is 0.455. The van der Waals surface area contributed by atoms with Gasteiger partial charge in [0.15, 0.2) is 0 Å². The van der Waals surface area contributed by atoms with Crippen LogP contribution in [0.25, 0.3) is 0 Å². The smallest absolute Gasteiger partial charge is 0.0373 e. The fourth-order valence-corrected chi connectivity index (χ4v) is 1.82. The number of likely N-dealkylation sites (N-methyl/N-ethyl adjacent to an activating group) is 1. The maximum Gasteiger partial charge on any atom is 0.0373 e. The standard InChI is InChI=1S/C11H16N2/c1-12-10-7-6-9-4-2-3-5-11(9)13-8-10/h2-5,10,12-13H,6-8H2,1H3. The minimum absolute atomic E-state index is 0.604. The van der Waals surface area contributed by atoms with E-state index < -0.39 is 0 Å². The van der Waals surface area contributed by atoms with Gasteiger partial charge in [-0.3, -0.25) is 0 Å². The van der Waals surface area contributed by atoms with Crippen molar-refractivity contribution in [3.05, 3.63) is 29.8 Å². The summed E-state index contributed by atoms with van der Waals surface area (Å²) in [4.78, 5) is 0. The number of hydrogen-bond acceptors (Lipinski definition) is 2. The Balaban J connectivity index is 2.17. The summed E-state index contributed by atoms with van der Waals surface area (Å²) in [5, 5.41) is 6.78. The van der Waals surface area contributed by atoms with Crippen LogP contribution >= 0.6 is 0 Å². The van der Waals surface area contributed by atoms with Gasteiger partial charge in [-0.1, -0.05) is 18.2 Å². The number of fused-ring (bicyclic) bond motifs is 1. The lowest BCUT2D eigenvalue weighted by Gasteiger charge is -2.12. The molecule has 13 heavy (non-hydrogen) atoms. The average molecular weight is 176 g/mol. The van der Waals surface area contributed by atoms with E-state index in [1.165, 1.54) is 24.1 Å². The van der Waals surface area contributed by atoms with Crippen LogP contribution in [0.1, 0.15) is 12.0 Å². The quantitative estimate of drug-likeness (QED) is 0.679. The molecule has 0 saturated heterocycles. The predicted molar refractivity (Wildman–Crippen MR) is 56.1 cm³/mol. The fourth-order valence-electron chi connectivity index (χ4n) is 1.82. The van der Waals surface area contributed by atoms with Gasteiger partial charge < -0.3 is 10.6 Å². The molecule has 70 valence electrons. The Labute approximate surface area is 79.4 Å². The average Bonchev–Trinajstić information content (AvgIpc) is 2.39. The van der Waals surface area contributed by atoms with Crippen molar-refractivity contribution in [2.24, 2.45) is 0 Å². The summed E-state index contributed by atoms with van der Waals surface area (Å²) in [5.74, 6) is 0. The summed E-state index contributed by atoms with van der Waals surface area (Å²) in [5.41, 5.74) is 2.75. The highest BCUT2D eigenvalue weighted by atomic mass is 15.0. The molecule has 1 aromatic carbocycles. The molecule has 1 aromatic rings. The number of anilines is 1. The molecule has 1 unspecified atom stereocenters. The molecule has 1 atom stereocenters. The summed E-state index contributed by atoms with van der Waals surface area (Å²) >= 11 is 0. The lowest BCUT2D eigenvalue weighted by molar-refractivity contribution is 0.553. The molecule has 0 spiro atoms. The van der Waals surface area contributed by atoms with Gasteiger partial charge in [0.25, 0.3) is 0 Å². The van der Waals surface area contributed by atoms with Crippen LogP contribution in [0.5, 0.6) is 0 Å². The van der Waals surface area contributed by atoms with Crippen molar-refractivity contribution >= 4 is 5.69 Å². The molecule has 2 N–H and O–H groups in total. The highest BCUT2D eigenvalue weighted by molar-refractivity contribution is 5.52. The Bertz CT molecular complexity index is 256. The topological polar surface area (TPSA) is 24.1 Å². The zero-order valence-electron chi connectivity index (χ0n) is 8.01. The first-order valence-corrected chi connectivity index (χ1v) is 4.89. The van der Waals surface area contributed by atoms with E-state index in [1.807, 2.05) is 7.05 Å². The van der Waals surface area contributed by atoms with Gasteiger partial charge >= 0.3 is 0 Å². The lowest BCUT2D eigenvalue weighted by atomic mass is 10.1. The second kappa shape index (κ2) is 3.79. The van der Waals surface area contributed by atoms with Crippen molar-refractivity contribution in [2.45, 2.75) is 18.9 Å². The number of hydrogen-bond donors (Lipinski definition) is 2.